The first kappa shape index (κ1) is 20.3. The zero-order valence-electron chi connectivity index (χ0n) is 16.9. The van der Waals surface area contributed by atoms with Gasteiger partial charge in [0.05, 0.1) is 6.54 Å². The summed E-state index contributed by atoms with van der Waals surface area (Å²) in [5.41, 5.74) is 0.326. The van der Waals surface area contributed by atoms with Crippen molar-refractivity contribution in [1.82, 2.24) is 18.7 Å². The van der Waals surface area contributed by atoms with Crippen LogP contribution in [0.2, 0.25) is 0 Å². The summed E-state index contributed by atoms with van der Waals surface area (Å²) in [6.45, 7) is 0.239. The molecule has 1 aliphatic carbocycles. The molecular weight excluding hydrogens is 391 g/mol. The molecule has 0 spiro atoms. The lowest BCUT2D eigenvalue weighted by Gasteiger charge is -2.14. The van der Waals surface area contributed by atoms with Crippen molar-refractivity contribution >= 4 is 11.2 Å². The van der Waals surface area contributed by atoms with E-state index in [-0.39, 0.29) is 55.2 Å². The first-order valence-electron chi connectivity index (χ1n) is 10.2. The Labute approximate surface area is 172 Å². The number of imidazole rings is 1. The molecule has 0 unspecified atom stereocenters. The van der Waals surface area contributed by atoms with E-state index in [1.807, 2.05) is 0 Å². The van der Waals surface area contributed by atoms with Crippen molar-refractivity contribution in [2.45, 2.75) is 51.3 Å². The van der Waals surface area contributed by atoms with Crippen LogP contribution in [0.1, 0.15) is 37.7 Å². The fraction of sp³-hybridized carbons (Fsp3) is 0.476. The van der Waals surface area contributed by atoms with Gasteiger partial charge in [0.1, 0.15) is 11.9 Å². The number of aryl methyl sites for hydroxylation is 1. The van der Waals surface area contributed by atoms with Gasteiger partial charge in [-0.2, -0.15) is 4.98 Å². The lowest BCUT2D eigenvalue weighted by molar-refractivity contribution is 0.186. The van der Waals surface area contributed by atoms with Gasteiger partial charge in [0.25, 0.3) is 11.6 Å². The molecule has 0 aliphatic heterocycles. The van der Waals surface area contributed by atoms with Crippen LogP contribution in [0.3, 0.4) is 0 Å². The van der Waals surface area contributed by atoms with Gasteiger partial charge in [-0.15, -0.1) is 0 Å². The minimum atomic E-state index is -0.486. The van der Waals surface area contributed by atoms with Crippen LogP contribution < -0.4 is 16.0 Å². The Hall–Kier alpha value is -2.94. The van der Waals surface area contributed by atoms with E-state index in [1.54, 1.807) is 23.7 Å². The molecule has 30 heavy (non-hydrogen) atoms. The number of aliphatic hydroxyl groups excluding tert-OH is 1. The van der Waals surface area contributed by atoms with Crippen molar-refractivity contribution in [2.24, 2.45) is 7.05 Å². The highest BCUT2D eigenvalue weighted by molar-refractivity contribution is 5.72. The molecule has 3 aromatic rings. The summed E-state index contributed by atoms with van der Waals surface area (Å²) in [5.74, 6) is -0.342. The van der Waals surface area contributed by atoms with E-state index >= 15 is 0 Å². The lowest BCUT2D eigenvalue weighted by atomic mass is 10.2. The summed E-state index contributed by atoms with van der Waals surface area (Å²) >= 11 is 0. The average Bonchev–Trinajstić information content (AvgIpc) is 3.37. The molecule has 9 heteroatoms. The second-order valence-corrected chi connectivity index (χ2v) is 7.68. The first-order chi connectivity index (χ1) is 14.5. The third kappa shape index (κ3) is 3.77. The van der Waals surface area contributed by atoms with E-state index in [4.69, 9.17) is 9.84 Å². The quantitative estimate of drug-likeness (QED) is 0.634. The van der Waals surface area contributed by atoms with Crippen LogP contribution in [0.4, 0.5) is 4.39 Å². The van der Waals surface area contributed by atoms with E-state index in [9.17, 15) is 14.0 Å². The number of aliphatic hydroxyl groups is 1. The largest absolute Gasteiger partial charge is 0.461 e. The highest BCUT2D eigenvalue weighted by Crippen LogP contribution is 2.26. The molecule has 1 aliphatic rings. The van der Waals surface area contributed by atoms with E-state index in [0.717, 1.165) is 35.8 Å². The Morgan fingerprint density at radius 2 is 1.87 bits per heavy atom. The van der Waals surface area contributed by atoms with Crippen LogP contribution in [0.15, 0.2) is 33.9 Å². The highest BCUT2D eigenvalue weighted by atomic mass is 19.1. The second-order valence-electron chi connectivity index (χ2n) is 7.68. The maximum absolute atomic E-state index is 13.3. The van der Waals surface area contributed by atoms with Crippen molar-refractivity contribution in [3.63, 3.8) is 0 Å². The standard InChI is InChI=1S/C21H25FN4O4/c1-24-18-17(19(28)25(21(24)29)11-4-12-27)26(13-14-7-9-15(22)10-8-14)20(23-18)30-16-5-2-3-6-16/h7-10,16,27H,2-6,11-13H2,1H3. The van der Waals surface area contributed by atoms with Gasteiger partial charge in [-0.1, -0.05) is 12.1 Å². The van der Waals surface area contributed by atoms with Gasteiger partial charge >= 0.3 is 5.69 Å². The molecule has 2 heterocycles. The molecule has 0 atom stereocenters. The highest BCUT2D eigenvalue weighted by Gasteiger charge is 2.25. The van der Waals surface area contributed by atoms with Gasteiger partial charge < -0.3 is 9.84 Å². The molecule has 8 nitrogen and oxygen atoms in total. The number of benzene rings is 1. The van der Waals surface area contributed by atoms with Gasteiger partial charge in [0.15, 0.2) is 11.2 Å². The number of rotatable bonds is 7. The molecular formula is C21H25FN4O4. The van der Waals surface area contributed by atoms with Crippen molar-refractivity contribution in [3.8, 4) is 6.01 Å². The Morgan fingerprint density at radius 3 is 2.53 bits per heavy atom. The molecule has 0 amide bonds. The molecule has 0 saturated heterocycles. The summed E-state index contributed by atoms with van der Waals surface area (Å²) < 4.78 is 23.6. The predicted octanol–water partition coefficient (Wildman–Crippen LogP) is 1.79. The zero-order chi connectivity index (χ0) is 21.3. The third-order valence-corrected chi connectivity index (χ3v) is 5.57. The zero-order valence-corrected chi connectivity index (χ0v) is 16.9. The minimum absolute atomic E-state index is 0.0161. The van der Waals surface area contributed by atoms with Crippen LogP contribution in [-0.4, -0.2) is 36.5 Å². The number of fused-ring (bicyclic) bond motifs is 1. The van der Waals surface area contributed by atoms with Gasteiger partial charge in [0, 0.05) is 20.2 Å². The monoisotopic (exact) mass is 416 g/mol. The Balaban J connectivity index is 1.88. The fourth-order valence-corrected chi connectivity index (χ4v) is 3.94. The van der Waals surface area contributed by atoms with Gasteiger partial charge in [-0.3, -0.25) is 18.5 Å². The molecule has 1 fully saturated rings. The normalized spacial score (nSPS) is 14.6. The topological polar surface area (TPSA) is 91.3 Å². The van der Waals surface area contributed by atoms with Gasteiger partial charge in [-0.25, -0.2) is 9.18 Å². The summed E-state index contributed by atoms with van der Waals surface area (Å²) in [6, 6.07) is 6.30. The maximum atomic E-state index is 13.3. The molecule has 160 valence electrons. The number of hydrogen-bond donors (Lipinski definition) is 1. The van der Waals surface area contributed by atoms with E-state index in [0.29, 0.717) is 0 Å². The van der Waals surface area contributed by atoms with Crippen molar-refractivity contribution < 1.29 is 14.2 Å². The molecule has 0 bridgehead atoms. The lowest BCUT2D eigenvalue weighted by Crippen LogP contribution is -2.39. The van der Waals surface area contributed by atoms with E-state index < -0.39 is 11.2 Å². The smallest absolute Gasteiger partial charge is 0.332 e. The number of halogens is 1. The van der Waals surface area contributed by atoms with Crippen LogP contribution in [0, 0.1) is 5.82 Å². The Kier molecular flexibility index (Phi) is 5.72. The Bertz CT molecular complexity index is 1160. The molecule has 1 aromatic carbocycles. The fourth-order valence-electron chi connectivity index (χ4n) is 3.94. The van der Waals surface area contributed by atoms with Gasteiger partial charge in [0.2, 0.25) is 0 Å². The molecule has 4 rings (SSSR count). The summed E-state index contributed by atoms with van der Waals surface area (Å²) in [4.78, 5) is 30.4. The molecule has 1 N–H and O–H groups in total. The van der Waals surface area contributed by atoms with Crippen LogP contribution in [0.5, 0.6) is 6.01 Å². The number of nitrogens with zero attached hydrogens (tertiary/aromatic N) is 4. The maximum Gasteiger partial charge on any atom is 0.332 e. The average molecular weight is 416 g/mol. The van der Waals surface area contributed by atoms with Crippen LogP contribution in [-0.2, 0) is 20.1 Å². The molecule has 2 aromatic heterocycles. The number of ether oxygens (including phenoxy) is 1. The predicted molar refractivity (Wildman–Crippen MR) is 109 cm³/mol. The van der Waals surface area contributed by atoms with Gasteiger partial charge in [-0.05, 0) is 49.8 Å². The molecule has 1 saturated carbocycles. The van der Waals surface area contributed by atoms with E-state index in [2.05, 4.69) is 4.98 Å². The van der Waals surface area contributed by atoms with Crippen molar-refractivity contribution in [3.05, 3.63) is 56.5 Å². The van der Waals surface area contributed by atoms with E-state index in [1.165, 1.54) is 16.7 Å². The summed E-state index contributed by atoms with van der Waals surface area (Å²) in [6.07, 6.45) is 4.30. The first-order valence-corrected chi connectivity index (χ1v) is 10.2. The summed E-state index contributed by atoms with van der Waals surface area (Å²) in [5, 5.41) is 9.13. The van der Waals surface area contributed by atoms with Crippen LogP contribution >= 0.6 is 0 Å². The number of hydrogen-bond acceptors (Lipinski definition) is 5. The van der Waals surface area contributed by atoms with Crippen molar-refractivity contribution in [2.75, 3.05) is 6.61 Å². The Morgan fingerprint density at radius 1 is 1.17 bits per heavy atom. The van der Waals surface area contributed by atoms with Crippen molar-refractivity contribution in [1.29, 1.82) is 0 Å². The third-order valence-electron chi connectivity index (χ3n) is 5.57. The van der Waals surface area contributed by atoms with Crippen LogP contribution in [0.25, 0.3) is 11.2 Å². The summed E-state index contributed by atoms with van der Waals surface area (Å²) in [7, 11) is 1.56. The minimum Gasteiger partial charge on any atom is -0.461 e. The second kappa shape index (κ2) is 8.43. The SMILES string of the molecule is Cn1c(=O)n(CCCO)c(=O)c2c1nc(OC1CCCC1)n2Cc1ccc(F)cc1. The number of aromatic nitrogens is 4. The molecule has 0 radical (unpaired) electrons.